The fraction of sp³-hybridized carbons (Fsp3) is 0.615. The maximum absolute atomic E-state index is 12.3. The van der Waals surface area contributed by atoms with Gasteiger partial charge >= 0.3 is 6.18 Å². The molecule has 2 heterocycles. The lowest BCUT2D eigenvalue weighted by molar-refractivity contribution is -0.146. The Kier molecular flexibility index (Phi) is 4.49. The molecule has 1 N–H and O–H groups in total. The Labute approximate surface area is 115 Å². The molecule has 1 aromatic heterocycles. The molecule has 0 bridgehead atoms. The molecule has 0 radical (unpaired) electrons. The van der Waals surface area contributed by atoms with Gasteiger partial charge in [0.05, 0.1) is 12.6 Å². The van der Waals surface area contributed by atoms with E-state index in [0.29, 0.717) is 26.2 Å². The number of aromatic nitrogens is 1. The number of rotatable bonds is 3. The number of anilines is 1. The van der Waals surface area contributed by atoms with Crippen molar-refractivity contribution in [2.75, 3.05) is 37.6 Å². The predicted molar refractivity (Wildman–Crippen MR) is 69.6 cm³/mol. The topological polar surface area (TPSA) is 39.6 Å². The fourth-order valence-electron chi connectivity index (χ4n) is 2.22. The summed E-state index contributed by atoms with van der Waals surface area (Å²) in [5.41, 5.74) is 0.726. The molecule has 0 unspecified atom stereocenters. The smallest absolute Gasteiger partial charge is 0.389 e. The lowest BCUT2D eigenvalue weighted by Gasteiger charge is -2.35. The Morgan fingerprint density at radius 2 is 1.90 bits per heavy atom. The third-order valence-electron chi connectivity index (χ3n) is 3.35. The summed E-state index contributed by atoms with van der Waals surface area (Å²) in [6.07, 6.45) is -3.11. The zero-order chi connectivity index (χ0) is 14.8. The Bertz CT molecular complexity index is 425. The molecule has 0 aliphatic carbocycles. The molecule has 1 aromatic rings. The average Bonchev–Trinajstić information content (AvgIpc) is 2.38. The predicted octanol–water partition coefficient (Wildman–Crippen LogP) is 1.82. The third kappa shape index (κ3) is 4.08. The molecule has 4 nitrogen and oxygen atoms in total. The standard InChI is InChI=1S/C13H18F3N3O/c1-10(20)11-2-3-12(17-8-11)19-6-4-18(5-7-19)9-13(14,15)16/h2-3,8,10,20H,4-7,9H2,1H3/t10-/m0/s1. The van der Waals surface area contributed by atoms with Gasteiger partial charge in [-0.15, -0.1) is 0 Å². The van der Waals surface area contributed by atoms with E-state index in [1.807, 2.05) is 4.90 Å². The third-order valence-corrected chi connectivity index (χ3v) is 3.35. The van der Waals surface area contributed by atoms with Crippen molar-refractivity contribution in [2.24, 2.45) is 0 Å². The van der Waals surface area contributed by atoms with Crippen LogP contribution in [0.1, 0.15) is 18.6 Å². The second-order valence-electron chi connectivity index (χ2n) is 5.00. The fourth-order valence-corrected chi connectivity index (χ4v) is 2.22. The van der Waals surface area contributed by atoms with Crippen LogP contribution in [0.15, 0.2) is 18.3 Å². The molecule has 112 valence electrons. The summed E-state index contributed by atoms with van der Waals surface area (Å²) < 4.78 is 36.9. The highest BCUT2D eigenvalue weighted by Gasteiger charge is 2.32. The molecule has 7 heteroatoms. The number of aliphatic hydroxyl groups is 1. The minimum absolute atomic E-state index is 0.374. The highest BCUT2D eigenvalue weighted by Crippen LogP contribution is 2.20. The summed E-state index contributed by atoms with van der Waals surface area (Å²) in [5.74, 6) is 0.737. The van der Waals surface area contributed by atoms with E-state index < -0.39 is 18.8 Å². The van der Waals surface area contributed by atoms with Crippen LogP contribution in [-0.2, 0) is 0 Å². The number of hydrogen-bond donors (Lipinski definition) is 1. The second kappa shape index (κ2) is 5.97. The number of halogens is 3. The van der Waals surface area contributed by atoms with E-state index in [0.717, 1.165) is 11.4 Å². The Hall–Kier alpha value is -1.34. The molecule has 1 fully saturated rings. The van der Waals surface area contributed by atoms with Crippen LogP contribution in [0, 0.1) is 0 Å². The van der Waals surface area contributed by atoms with Gasteiger partial charge in [-0.3, -0.25) is 4.90 Å². The van der Waals surface area contributed by atoms with E-state index in [2.05, 4.69) is 4.98 Å². The van der Waals surface area contributed by atoms with E-state index in [1.165, 1.54) is 4.90 Å². The molecule has 0 aromatic carbocycles. The first-order chi connectivity index (χ1) is 9.35. The highest BCUT2D eigenvalue weighted by molar-refractivity contribution is 5.40. The molecule has 20 heavy (non-hydrogen) atoms. The molecule has 1 aliphatic heterocycles. The van der Waals surface area contributed by atoms with E-state index in [4.69, 9.17) is 0 Å². The van der Waals surface area contributed by atoms with E-state index in [9.17, 15) is 18.3 Å². The summed E-state index contributed by atoms with van der Waals surface area (Å²) in [6.45, 7) is 2.61. The van der Waals surface area contributed by atoms with E-state index in [-0.39, 0.29) is 0 Å². The van der Waals surface area contributed by atoms with Crippen molar-refractivity contribution in [3.8, 4) is 0 Å². The van der Waals surface area contributed by atoms with Crippen LogP contribution in [0.2, 0.25) is 0 Å². The largest absolute Gasteiger partial charge is 0.401 e. The summed E-state index contributed by atoms with van der Waals surface area (Å²) in [4.78, 5) is 7.61. The van der Waals surface area contributed by atoms with Crippen molar-refractivity contribution >= 4 is 5.82 Å². The highest BCUT2D eigenvalue weighted by atomic mass is 19.4. The maximum Gasteiger partial charge on any atom is 0.401 e. The molecule has 0 amide bonds. The minimum atomic E-state index is -4.14. The molecule has 2 rings (SSSR count). The second-order valence-corrected chi connectivity index (χ2v) is 5.00. The monoisotopic (exact) mass is 289 g/mol. The number of alkyl halides is 3. The first-order valence-electron chi connectivity index (χ1n) is 6.53. The molecular formula is C13H18F3N3O. The van der Waals surface area contributed by atoms with Crippen LogP contribution in [0.5, 0.6) is 0 Å². The van der Waals surface area contributed by atoms with Crippen LogP contribution in [0.3, 0.4) is 0 Å². The number of hydrogen-bond acceptors (Lipinski definition) is 4. The quantitative estimate of drug-likeness (QED) is 0.921. The van der Waals surface area contributed by atoms with Gasteiger partial charge in [-0.25, -0.2) is 4.98 Å². The van der Waals surface area contributed by atoms with Crippen LogP contribution < -0.4 is 4.90 Å². The van der Waals surface area contributed by atoms with Crippen molar-refractivity contribution in [2.45, 2.75) is 19.2 Å². The number of nitrogens with zero attached hydrogens (tertiary/aromatic N) is 3. The van der Waals surface area contributed by atoms with Gasteiger partial charge in [0.1, 0.15) is 5.82 Å². The summed E-state index contributed by atoms with van der Waals surface area (Å²) in [7, 11) is 0. The van der Waals surface area contributed by atoms with Gasteiger partial charge in [0.25, 0.3) is 0 Å². The van der Waals surface area contributed by atoms with E-state index >= 15 is 0 Å². The average molecular weight is 289 g/mol. The van der Waals surface area contributed by atoms with Crippen LogP contribution >= 0.6 is 0 Å². The first kappa shape index (κ1) is 15.1. The van der Waals surface area contributed by atoms with Crippen LogP contribution in [0.25, 0.3) is 0 Å². The minimum Gasteiger partial charge on any atom is -0.389 e. The first-order valence-corrected chi connectivity index (χ1v) is 6.53. The SMILES string of the molecule is C[C@H](O)c1ccc(N2CCN(CC(F)(F)F)CC2)nc1. The summed E-state index contributed by atoms with van der Waals surface area (Å²) in [5, 5.41) is 9.40. The Morgan fingerprint density at radius 3 is 2.35 bits per heavy atom. The van der Waals surface area contributed by atoms with Gasteiger partial charge in [-0.2, -0.15) is 13.2 Å². The van der Waals surface area contributed by atoms with Gasteiger partial charge in [-0.1, -0.05) is 6.07 Å². The molecule has 0 saturated carbocycles. The maximum atomic E-state index is 12.3. The Morgan fingerprint density at radius 1 is 1.25 bits per heavy atom. The summed E-state index contributed by atoms with van der Waals surface area (Å²) >= 11 is 0. The zero-order valence-electron chi connectivity index (χ0n) is 11.3. The number of piperazine rings is 1. The van der Waals surface area contributed by atoms with E-state index in [1.54, 1.807) is 25.3 Å². The lowest BCUT2D eigenvalue weighted by Crippen LogP contribution is -2.49. The lowest BCUT2D eigenvalue weighted by atomic mass is 10.2. The van der Waals surface area contributed by atoms with Crippen molar-refractivity contribution in [1.82, 2.24) is 9.88 Å². The van der Waals surface area contributed by atoms with Gasteiger partial charge in [0.15, 0.2) is 0 Å². The number of aliphatic hydroxyl groups excluding tert-OH is 1. The van der Waals surface area contributed by atoms with Crippen molar-refractivity contribution in [3.63, 3.8) is 0 Å². The molecule has 1 atom stereocenters. The van der Waals surface area contributed by atoms with Gasteiger partial charge in [0.2, 0.25) is 0 Å². The van der Waals surface area contributed by atoms with Crippen molar-refractivity contribution in [1.29, 1.82) is 0 Å². The molecule has 0 spiro atoms. The molecule has 1 saturated heterocycles. The van der Waals surface area contributed by atoms with Gasteiger partial charge in [-0.05, 0) is 18.6 Å². The van der Waals surface area contributed by atoms with Crippen molar-refractivity contribution in [3.05, 3.63) is 23.9 Å². The van der Waals surface area contributed by atoms with Crippen LogP contribution in [-0.4, -0.2) is 53.9 Å². The molecular weight excluding hydrogens is 271 g/mol. The normalized spacial score (nSPS) is 19.1. The Balaban J connectivity index is 1.90. The zero-order valence-corrected chi connectivity index (χ0v) is 11.3. The van der Waals surface area contributed by atoms with Crippen LogP contribution in [0.4, 0.5) is 19.0 Å². The molecule has 1 aliphatic rings. The summed E-state index contributed by atoms with van der Waals surface area (Å²) in [6, 6.07) is 3.58. The van der Waals surface area contributed by atoms with Gasteiger partial charge in [0, 0.05) is 32.4 Å². The van der Waals surface area contributed by atoms with Gasteiger partial charge < -0.3 is 10.0 Å². The van der Waals surface area contributed by atoms with Crippen molar-refractivity contribution < 1.29 is 18.3 Å². The number of pyridine rings is 1.